The molecule has 0 bridgehead atoms. The highest BCUT2D eigenvalue weighted by Crippen LogP contribution is 2.43. The van der Waals surface area contributed by atoms with Crippen LogP contribution >= 0.6 is 0 Å². The van der Waals surface area contributed by atoms with Crippen molar-refractivity contribution in [2.75, 3.05) is 64.8 Å². The predicted molar refractivity (Wildman–Crippen MR) is 296 cm³/mol. The minimum Gasteiger partial charge on any atom is -0.377 e. The number of nitrogens with zero attached hydrogens (tertiary/aromatic N) is 7. The molecule has 4 fully saturated rings. The zero-order valence-corrected chi connectivity index (χ0v) is 46.4. The number of imidazole rings is 1. The lowest BCUT2D eigenvalue weighted by Gasteiger charge is -2.41. The first kappa shape index (κ1) is 54.4. The van der Waals surface area contributed by atoms with Crippen molar-refractivity contribution in [3.63, 3.8) is 0 Å². The van der Waals surface area contributed by atoms with Crippen molar-refractivity contribution in [1.29, 1.82) is 0 Å². The summed E-state index contributed by atoms with van der Waals surface area (Å²) in [4.78, 5) is 53.4. The van der Waals surface area contributed by atoms with Crippen molar-refractivity contribution in [2.45, 2.75) is 121 Å². The van der Waals surface area contributed by atoms with Crippen molar-refractivity contribution < 1.29 is 37.0 Å². The lowest BCUT2D eigenvalue weighted by Crippen LogP contribution is -2.50. The average molecular weight is 1070 g/mol. The molecule has 0 saturated carbocycles. The van der Waals surface area contributed by atoms with E-state index in [2.05, 4.69) is 101 Å². The fourth-order valence-electron chi connectivity index (χ4n) is 12.2. The van der Waals surface area contributed by atoms with E-state index in [1.807, 2.05) is 23.2 Å². The van der Waals surface area contributed by atoms with Crippen molar-refractivity contribution in [3.8, 4) is 11.1 Å². The fourth-order valence-corrected chi connectivity index (χ4v) is 13.0. The number of nitrogens with one attached hydrogen (secondary N) is 2. The number of aromatic nitrogens is 4. The third kappa shape index (κ3) is 12.1. The van der Waals surface area contributed by atoms with E-state index in [1.165, 1.54) is 23.4 Å². The van der Waals surface area contributed by atoms with Crippen LogP contribution in [0.2, 0.25) is 25.7 Å². The Balaban J connectivity index is 0.701. The van der Waals surface area contributed by atoms with E-state index in [0.29, 0.717) is 56.7 Å². The Kier molecular flexibility index (Phi) is 16.1. The summed E-state index contributed by atoms with van der Waals surface area (Å²) in [5, 5.41) is 6.29. The van der Waals surface area contributed by atoms with Crippen LogP contribution in [0.4, 0.5) is 18.9 Å². The van der Waals surface area contributed by atoms with Gasteiger partial charge >= 0.3 is 0 Å². The number of likely N-dealkylation sites (tertiary alicyclic amines) is 3. The lowest BCUT2D eigenvalue weighted by molar-refractivity contribution is -0.133. The van der Waals surface area contributed by atoms with E-state index >= 15 is 13.2 Å². The number of aryl methyl sites for hydroxylation is 1. The van der Waals surface area contributed by atoms with Gasteiger partial charge in [0, 0.05) is 89.5 Å². The number of ether oxygens (including phenoxy) is 2. The molecule has 4 aliphatic rings. The molecule has 4 saturated heterocycles. The summed E-state index contributed by atoms with van der Waals surface area (Å²) in [7, 11) is 2.58. The number of hydrogen-bond acceptors (Lipinski definition) is 10. The molecule has 3 aromatic heterocycles. The van der Waals surface area contributed by atoms with Crippen molar-refractivity contribution >= 4 is 53.5 Å². The number of hydrogen-bond donors (Lipinski definition) is 2. The number of benzene rings is 3. The minimum absolute atomic E-state index is 0.000114. The number of piperidine rings is 4. The van der Waals surface area contributed by atoms with Gasteiger partial charge in [-0.05, 0) is 154 Å². The summed E-state index contributed by atoms with van der Waals surface area (Å²) in [6.07, 6.45) is 5.94. The number of amides is 3. The molecule has 3 amide bonds. The monoisotopic (exact) mass is 1070 g/mol. The second-order valence-corrected chi connectivity index (χ2v) is 28.9. The maximum absolute atomic E-state index is 15.7. The molecule has 10 rings (SSSR count). The van der Waals surface area contributed by atoms with Gasteiger partial charge in [-0.1, -0.05) is 43.9 Å². The van der Waals surface area contributed by atoms with Crippen LogP contribution in [0.3, 0.4) is 0 Å². The van der Waals surface area contributed by atoms with Crippen LogP contribution in [0.1, 0.15) is 103 Å². The van der Waals surface area contributed by atoms with Crippen LogP contribution in [0.5, 0.6) is 0 Å². The summed E-state index contributed by atoms with van der Waals surface area (Å²) in [6, 6.07) is 23.7. The molecule has 77 heavy (non-hydrogen) atoms. The summed E-state index contributed by atoms with van der Waals surface area (Å²) in [6.45, 7) is 14.4. The van der Waals surface area contributed by atoms with Crippen LogP contribution in [0.15, 0.2) is 79.0 Å². The van der Waals surface area contributed by atoms with Gasteiger partial charge in [-0.25, -0.2) is 23.1 Å². The third-order valence-corrected chi connectivity index (χ3v) is 18.5. The molecule has 3 atom stereocenters. The number of anilines is 1. The van der Waals surface area contributed by atoms with E-state index < -0.39 is 44.2 Å². The van der Waals surface area contributed by atoms with Crippen molar-refractivity contribution in [3.05, 3.63) is 113 Å². The Morgan fingerprint density at radius 3 is 2.39 bits per heavy atom. The predicted octanol–water partition coefficient (Wildman–Crippen LogP) is 10.3. The van der Waals surface area contributed by atoms with Crippen LogP contribution < -0.4 is 10.6 Å². The molecule has 0 spiro atoms. The van der Waals surface area contributed by atoms with E-state index in [1.54, 1.807) is 12.0 Å². The van der Waals surface area contributed by atoms with E-state index in [-0.39, 0.29) is 48.6 Å². The summed E-state index contributed by atoms with van der Waals surface area (Å²) < 4.78 is 63.0. The molecule has 2 unspecified atom stereocenters. The molecule has 7 heterocycles. The first-order valence-corrected chi connectivity index (χ1v) is 31.3. The molecule has 410 valence electrons. The molecular formula is C59H74F3N9O5Si. The Morgan fingerprint density at radius 1 is 0.922 bits per heavy atom. The molecule has 4 aliphatic heterocycles. The van der Waals surface area contributed by atoms with E-state index in [4.69, 9.17) is 19.4 Å². The molecule has 14 nitrogen and oxygen atoms in total. The van der Waals surface area contributed by atoms with Gasteiger partial charge in [-0.3, -0.25) is 29.5 Å². The third-order valence-electron chi connectivity index (χ3n) is 16.8. The number of halogens is 3. The number of fused-ring (bicyclic) bond motifs is 2. The van der Waals surface area contributed by atoms with Gasteiger partial charge in [0.05, 0.1) is 23.5 Å². The van der Waals surface area contributed by atoms with Gasteiger partial charge in [0.25, 0.3) is 11.8 Å². The quantitative estimate of drug-likeness (QED) is 0.0516. The maximum atomic E-state index is 15.7. The number of carbonyl (C=O) groups excluding carboxylic acids is 3. The Labute approximate surface area is 450 Å². The smallest absolute Gasteiger partial charge is 0.267 e. The highest BCUT2D eigenvalue weighted by molar-refractivity contribution is 6.76. The van der Waals surface area contributed by atoms with Crippen LogP contribution in [-0.4, -0.2) is 131 Å². The van der Waals surface area contributed by atoms with Crippen molar-refractivity contribution in [2.24, 2.45) is 13.0 Å². The number of imide groups is 1. The zero-order valence-electron chi connectivity index (χ0n) is 45.4. The Hall–Kier alpha value is -5.92. The zero-order chi connectivity index (χ0) is 54.2. The average Bonchev–Trinajstić information content (AvgIpc) is 3.97. The molecular weight excluding hydrogens is 1000 g/mol. The highest BCUT2D eigenvalue weighted by atomic mass is 28.3. The normalized spacial score (nSPS) is 20.8. The standard InChI is InChI=1S/C59H74F3N9O5Si/c1-38(52-33-47-45(17-23-63-56(47)67(52)2)43-11-14-50-53(31-43)71(54(65-50)35-75-3)37-76-29-30-77(4,5)6)69-27-20-41(21-28-69)40-7-9-42(10-8-40)58(74)70-25-18-39(19-26-70)34-68-24-22-48(59(61,62)36-68)46-13-12-44(32-49(46)60)64-51-15-16-55(72)66-57(51)73/h7-14,17,23,31-33,38-39,41,48,51,64H,15-16,18-22,24-30,34-37H2,1-6H3,(H,66,72,73)/t38-,48?,51?/m0/s1. The van der Waals surface area contributed by atoms with Gasteiger partial charge in [0.2, 0.25) is 11.8 Å². The van der Waals surface area contributed by atoms with Gasteiger partial charge in [-0.2, -0.15) is 0 Å². The van der Waals surface area contributed by atoms with E-state index in [0.717, 1.165) is 96.5 Å². The largest absolute Gasteiger partial charge is 0.377 e. The van der Waals surface area contributed by atoms with Crippen LogP contribution in [0.25, 0.3) is 33.2 Å². The molecule has 18 heteroatoms. The van der Waals surface area contributed by atoms with Gasteiger partial charge < -0.3 is 28.8 Å². The molecule has 2 N–H and O–H groups in total. The number of alkyl halides is 2. The second kappa shape index (κ2) is 22.8. The second-order valence-electron chi connectivity index (χ2n) is 23.2. The number of methoxy groups -OCH3 is 1. The fraction of sp³-hybridized carbons (Fsp3) is 0.508. The summed E-state index contributed by atoms with van der Waals surface area (Å²) >= 11 is 0. The molecule has 0 radical (unpaired) electrons. The Bertz CT molecular complexity index is 3110. The molecule has 6 aromatic rings. The summed E-state index contributed by atoms with van der Waals surface area (Å²) in [5.74, 6) is -4.58. The minimum atomic E-state index is -3.14. The molecule has 3 aromatic carbocycles. The van der Waals surface area contributed by atoms with Gasteiger partial charge in [0.1, 0.15) is 36.7 Å². The number of carbonyl (C=O) groups is 3. The lowest BCUT2D eigenvalue weighted by atomic mass is 9.85. The van der Waals surface area contributed by atoms with Crippen molar-refractivity contribution in [1.82, 2.24) is 39.1 Å². The number of rotatable bonds is 17. The van der Waals surface area contributed by atoms with Gasteiger partial charge in [0.15, 0.2) is 0 Å². The first-order chi connectivity index (χ1) is 36.9. The highest BCUT2D eigenvalue weighted by Gasteiger charge is 2.47. The van der Waals surface area contributed by atoms with Gasteiger partial charge in [-0.15, -0.1) is 0 Å². The first-order valence-electron chi connectivity index (χ1n) is 27.6. The summed E-state index contributed by atoms with van der Waals surface area (Å²) in [5.41, 5.74) is 8.51. The maximum Gasteiger partial charge on any atom is 0.267 e. The van der Waals surface area contributed by atoms with Crippen LogP contribution in [-0.2, 0) is 39.4 Å². The Morgan fingerprint density at radius 2 is 1.69 bits per heavy atom. The SMILES string of the molecule is COCc1nc2ccc(-c3ccnc4c3cc([C@H](C)N3CCC(c5ccc(C(=O)N6CCC(CN7CCC(c8ccc(NC9CCC(=O)NC9=O)cc8F)C(F)(F)C7)CC6)cc5)CC3)n4C)cc2n1COCC[Si](C)(C)C. The molecule has 0 aliphatic carbocycles. The number of pyridine rings is 1. The van der Waals surface area contributed by atoms with Crippen LogP contribution in [0, 0.1) is 11.7 Å². The topological polar surface area (TPSA) is 139 Å². The van der Waals surface area contributed by atoms with E-state index in [9.17, 15) is 14.4 Å².